The van der Waals surface area contributed by atoms with Crippen molar-refractivity contribution in [3.8, 4) is 12.1 Å². The molecular weight excluding hydrogens is 520 g/mol. The second-order valence-electron chi connectivity index (χ2n) is 11.1. The van der Waals surface area contributed by atoms with Crippen molar-refractivity contribution >= 4 is 33.6 Å². The highest BCUT2D eigenvalue weighted by Crippen LogP contribution is 2.47. The first-order valence-electron chi connectivity index (χ1n) is 12.5. The molecule has 202 valence electrons. The summed E-state index contributed by atoms with van der Waals surface area (Å²) in [6, 6.07) is 7.53. The van der Waals surface area contributed by atoms with Gasteiger partial charge in [-0.3, -0.25) is 9.99 Å². The minimum Gasteiger partial charge on any atom is -0.383 e. The van der Waals surface area contributed by atoms with Crippen molar-refractivity contribution in [2.24, 2.45) is 5.41 Å². The van der Waals surface area contributed by atoms with Crippen LogP contribution in [0.4, 0.5) is 20.2 Å². The fourth-order valence-corrected chi connectivity index (χ4v) is 5.42. The van der Waals surface area contributed by atoms with E-state index in [1.54, 1.807) is 17.8 Å². The number of benzene rings is 1. The molecule has 5 rings (SSSR count). The first-order valence-corrected chi connectivity index (χ1v) is 13.4. The number of aromatic nitrogens is 2. The average molecular weight is 550 g/mol. The van der Waals surface area contributed by atoms with Gasteiger partial charge in [-0.1, -0.05) is 20.8 Å². The molecule has 0 saturated heterocycles. The van der Waals surface area contributed by atoms with Crippen LogP contribution < -0.4 is 21.6 Å². The van der Waals surface area contributed by atoms with E-state index >= 15 is 0 Å². The summed E-state index contributed by atoms with van der Waals surface area (Å²) in [6.07, 6.45) is 1.46. The standard InChI is InChI=1S/C27H29F2N9S/c1-15-24(39-14-34-15)23(20-12-38(37-36-20)27(5-6-27)25(28)29)35-18-7-16(9-30)21-19(8-18)22(17(10-31)11-32-21)33-13-26(2,3)4/h7-8,11-12,14,23,25,35-37H,5-6,13H2,1-4H3,(H,32,33)/t23-/m1/s1. The number of fused-ring (bicyclic) bond motifs is 1. The average Bonchev–Trinajstić information content (AvgIpc) is 3.37. The van der Waals surface area contributed by atoms with Gasteiger partial charge in [0.25, 0.3) is 6.43 Å². The number of hydrogen-bond acceptors (Lipinski definition) is 10. The van der Waals surface area contributed by atoms with Gasteiger partial charge in [0.2, 0.25) is 0 Å². The Morgan fingerprint density at radius 3 is 2.51 bits per heavy atom. The number of hydrazine groups is 2. The number of anilines is 2. The molecule has 2 aliphatic rings. The summed E-state index contributed by atoms with van der Waals surface area (Å²) in [5.74, 6) is 0. The molecule has 3 aromatic rings. The molecule has 4 N–H and O–H groups in total. The van der Waals surface area contributed by atoms with Crippen LogP contribution in [-0.4, -0.2) is 33.5 Å². The van der Waals surface area contributed by atoms with Crippen LogP contribution in [0.25, 0.3) is 10.9 Å². The summed E-state index contributed by atoms with van der Waals surface area (Å²) in [5, 5.41) is 28.7. The predicted molar refractivity (Wildman–Crippen MR) is 146 cm³/mol. The summed E-state index contributed by atoms with van der Waals surface area (Å²) >= 11 is 1.45. The van der Waals surface area contributed by atoms with Crippen LogP contribution >= 0.6 is 11.3 Å². The van der Waals surface area contributed by atoms with Crippen molar-refractivity contribution < 1.29 is 8.78 Å². The number of aryl methyl sites for hydroxylation is 1. The number of rotatable bonds is 8. The Bertz CT molecular complexity index is 1520. The molecular formula is C27H29F2N9S. The monoisotopic (exact) mass is 549 g/mol. The highest BCUT2D eigenvalue weighted by molar-refractivity contribution is 7.09. The number of hydrogen-bond donors (Lipinski definition) is 4. The lowest BCUT2D eigenvalue weighted by Crippen LogP contribution is -2.48. The molecule has 9 nitrogen and oxygen atoms in total. The van der Waals surface area contributed by atoms with Gasteiger partial charge in [0.1, 0.15) is 23.7 Å². The first-order chi connectivity index (χ1) is 18.6. The number of nitrogens with one attached hydrogen (secondary N) is 4. The Kier molecular flexibility index (Phi) is 6.79. The molecule has 1 saturated carbocycles. The van der Waals surface area contributed by atoms with Crippen molar-refractivity contribution in [2.75, 3.05) is 17.2 Å². The number of nitriles is 2. The summed E-state index contributed by atoms with van der Waals surface area (Å²) in [7, 11) is 0. The normalized spacial score (nSPS) is 16.8. The van der Waals surface area contributed by atoms with Crippen molar-refractivity contribution in [2.45, 2.75) is 58.5 Å². The molecule has 0 amide bonds. The van der Waals surface area contributed by atoms with Crippen molar-refractivity contribution in [3.63, 3.8) is 0 Å². The van der Waals surface area contributed by atoms with E-state index in [2.05, 4.69) is 64.5 Å². The van der Waals surface area contributed by atoms with Crippen molar-refractivity contribution in [1.29, 1.82) is 10.5 Å². The third-order valence-corrected chi connectivity index (χ3v) is 7.91. The quantitative estimate of drug-likeness (QED) is 0.295. The second-order valence-corrected chi connectivity index (χ2v) is 12.0. The highest BCUT2D eigenvalue weighted by Gasteiger charge is 2.56. The summed E-state index contributed by atoms with van der Waals surface area (Å²) in [6.45, 7) is 8.76. The topological polar surface area (TPSA) is 125 Å². The van der Waals surface area contributed by atoms with Gasteiger partial charge >= 0.3 is 0 Å². The Labute approximate surface area is 229 Å². The van der Waals surface area contributed by atoms with Crippen LogP contribution in [0.15, 0.2) is 35.7 Å². The number of pyridine rings is 1. The fraction of sp³-hybridized carbons (Fsp3) is 0.407. The van der Waals surface area contributed by atoms with Crippen molar-refractivity contribution in [3.05, 3.63) is 57.4 Å². The molecule has 1 aromatic carbocycles. The molecule has 0 unspecified atom stereocenters. The molecule has 1 atom stereocenters. The lowest BCUT2D eigenvalue weighted by atomic mass is 9.96. The van der Waals surface area contributed by atoms with Crippen molar-refractivity contribution in [1.82, 2.24) is 25.9 Å². The van der Waals surface area contributed by atoms with E-state index in [4.69, 9.17) is 0 Å². The van der Waals surface area contributed by atoms with Gasteiger partial charge in [0.15, 0.2) is 0 Å². The van der Waals surface area contributed by atoms with E-state index in [-0.39, 0.29) is 5.41 Å². The van der Waals surface area contributed by atoms with Crippen LogP contribution in [0.2, 0.25) is 0 Å². The summed E-state index contributed by atoms with van der Waals surface area (Å²) in [5.41, 5.74) is 10.3. The van der Waals surface area contributed by atoms with Crippen LogP contribution in [0.1, 0.15) is 61.4 Å². The lowest BCUT2D eigenvalue weighted by molar-refractivity contribution is 0.00911. The third kappa shape index (κ3) is 5.05. The molecule has 1 aliphatic carbocycles. The van der Waals surface area contributed by atoms with E-state index < -0.39 is 18.0 Å². The van der Waals surface area contributed by atoms with Gasteiger partial charge in [-0.15, -0.1) is 16.9 Å². The zero-order chi connectivity index (χ0) is 27.9. The fourth-order valence-electron chi connectivity index (χ4n) is 4.55. The summed E-state index contributed by atoms with van der Waals surface area (Å²) in [4.78, 5) is 9.70. The number of alkyl halides is 2. The number of nitrogens with zero attached hydrogens (tertiary/aromatic N) is 5. The largest absolute Gasteiger partial charge is 0.383 e. The van der Waals surface area contributed by atoms with E-state index in [1.165, 1.54) is 22.5 Å². The SMILES string of the molecule is Cc1ncsc1[C@H](Nc1cc(C#N)c2ncc(C#N)c(NCC(C)(C)C)c2c1)C1=CN(C2(C(F)F)CC2)NN1. The molecule has 0 spiro atoms. The summed E-state index contributed by atoms with van der Waals surface area (Å²) < 4.78 is 27.6. The molecule has 3 heterocycles. The molecule has 12 heteroatoms. The van der Waals surface area contributed by atoms with Gasteiger partial charge in [-0.05, 0) is 37.3 Å². The van der Waals surface area contributed by atoms with Gasteiger partial charge in [-0.25, -0.2) is 13.8 Å². The minimum atomic E-state index is -2.49. The molecule has 1 fully saturated rings. The van der Waals surface area contributed by atoms with E-state index in [0.717, 1.165) is 10.6 Å². The Balaban J connectivity index is 1.58. The Morgan fingerprint density at radius 2 is 1.92 bits per heavy atom. The molecule has 0 radical (unpaired) electrons. The van der Waals surface area contributed by atoms with Gasteiger partial charge < -0.3 is 16.1 Å². The zero-order valence-corrected chi connectivity index (χ0v) is 22.9. The van der Waals surface area contributed by atoms with Gasteiger partial charge in [-0.2, -0.15) is 10.5 Å². The van der Waals surface area contributed by atoms with Crippen LogP contribution in [0.5, 0.6) is 0 Å². The predicted octanol–water partition coefficient (Wildman–Crippen LogP) is 5.32. The minimum absolute atomic E-state index is 0.0539. The maximum absolute atomic E-state index is 13.8. The van der Waals surface area contributed by atoms with Gasteiger partial charge in [0.05, 0.1) is 44.1 Å². The Morgan fingerprint density at radius 1 is 1.18 bits per heavy atom. The van der Waals surface area contributed by atoms with Crippen LogP contribution in [0.3, 0.4) is 0 Å². The van der Waals surface area contributed by atoms with E-state index in [9.17, 15) is 19.3 Å². The molecule has 2 aromatic heterocycles. The third-order valence-electron chi connectivity index (χ3n) is 6.91. The lowest BCUT2D eigenvalue weighted by Gasteiger charge is -2.25. The van der Waals surface area contributed by atoms with E-state index in [1.807, 2.05) is 13.0 Å². The van der Waals surface area contributed by atoms with Gasteiger partial charge in [0, 0.05) is 30.0 Å². The smallest absolute Gasteiger partial charge is 0.262 e. The first kappa shape index (κ1) is 26.6. The van der Waals surface area contributed by atoms with Crippen LogP contribution in [-0.2, 0) is 0 Å². The number of thiazole rings is 1. The zero-order valence-electron chi connectivity index (χ0n) is 22.1. The number of halogens is 2. The maximum atomic E-state index is 13.8. The second kappa shape index (κ2) is 9.95. The molecule has 39 heavy (non-hydrogen) atoms. The maximum Gasteiger partial charge on any atom is 0.262 e. The Hall–Kier alpha value is -4.00. The van der Waals surface area contributed by atoms with E-state index in [0.29, 0.717) is 58.5 Å². The molecule has 1 aliphatic heterocycles. The molecule has 0 bridgehead atoms. The van der Waals surface area contributed by atoms with Crippen LogP contribution in [0, 0.1) is 35.0 Å². The highest BCUT2D eigenvalue weighted by atomic mass is 32.1.